The zero-order chi connectivity index (χ0) is 12.8. The predicted octanol–water partition coefficient (Wildman–Crippen LogP) is -0.517. The third-order valence-corrected chi connectivity index (χ3v) is 2.07. The maximum atomic E-state index is 5.61. The molecule has 0 saturated carbocycles. The van der Waals surface area contributed by atoms with Gasteiger partial charge in [0.2, 0.25) is 11.9 Å². The normalized spacial score (nSPS) is 10.5. The number of aromatic nitrogens is 6. The lowest BCUT2D eigenvalue weighted by Gasteiger charge is -2.06. The molecular weight excluding hydrogens is 236 g/mol. The van der Waals surface area contributed by atoms with Crippen LogP contribution in [0.2, 0.25) is 0 Å². The minimum atomic E-state index is 0.129. The summed E-state index contributed by atoms with van der Waals surface area (Å²) in [5.41, 5.74) is 5.61. The Kier molecular flexibility index (Phi) is 3.97. The summed E-state index contributed by atoms with van der Waals surface area (Å²) in [6, 6.07) is 0. The zero-order valence-electron chi connectivity index (χ0n) is 9.94. The molecule has 2 aromatic heterocycles. The van der Waals surface area contributed by atoms with Gasteiger partial charge in [0, 0.05) is 20.3 Å². The minimum Gasteiger partial charge on any atom is -0.385 e. The van der Waals surface area contributed by atoms with E-state index < -0.39 is 0 Å². The number of hydrogen-bond acceptors (Lipinski definition) is 8. The summed E-state index contributed by atoms with van der Waals surface area (Å²) >= 11 is 0. The van der Waals surface area contributed by atoms with Crippen LogP contribution in [-0.2, 0) is 4.74 Å². The number of nitrogens with two attached hydrogens (primary N) is 1. The SMILES string of the molecule is COCCCNc1nc(N)nc(-n2cncn2)n1. The van der Waals surface area contributed by atoms with E-state index in [4.69, 9.17) is 10.5 Å². The molecular formula is C9H14N8O. The molecule has 0 aliphatic carbocycles. The van der Waals surface area contributed by atoms with Crippen molar-refractivity contribution in [2.75, 3.05) is 31.3 Å². The molecule has 0 aliphatic rings. The minimum absolute atomic E-state index is 0.129. The van der Waals surface area contributed by atoms with Crippen LogP contribution in [0.3, 0.4) is 0 Å². The Morgan fingerprint density at radius 1 is 1.39 bits per heavy atom. The van der Waals surface area contributed by atoms with Gasteiger partial charge < -0.3 is 15.8 Å². The second kappa shape index (κ2) is 5.87. The Morgan fingerprint density at radius 2 is 2.28 bits per heavy atom. The molecule has 0 atom stereocenters. The topological polar surface area (TPSA) is 117 Å². The molecule has 18 heavy (non-hydrogen) atoms. The second-order valence-corrected chi connectivity index (χ2v) is 3.43. The van der Waals surface area contributed by atoms with Gasteiger partial charge in [-0.15, -0.1) is 0 Å². The van der Waals surface area contributed by atoms with Crippen molar-refractivity contribution >= 4 is 11.9 Å². The average Bonchev–Trinajstić information content (AvgIpc) is 2.88. The number of hydrogen-bond donors (Lipinski definition) is 2. The first-order valence-corrected chi connectivity index (χ1v) is 5.39. The van der Waals surface area contributed by atoms with E-state index in [-0.39, 0.29) is 5.95 Å². The lowest BCUT2D eigenvalue weighted by molar-refractivity contribution is 0.197. The summed E-state index contributed by atoms with van der Waals surface area (Å²) in [7, 11) is 1.66. The molecule has 3 N–H and O–H groups in total. The monoisotopic (exact) mass is 250 g/mol. The van der Waals surface area contributed by atoms with E-state index in [0.717, 1.165) is 6.42 Å². The van der Waals surface area contributed by atoms with Crippen LogP contribution in [0.15, 0.2) is 12.7 Å². The number of anilines is 2. The van der Waals surface area contributed by atoms with Gasteiger partial charge >= 0.3 is 0 Å². The van der Waals surface area contributed by atoms with Crippen molar-refractivity contribution in [1.82, 2.24) is 29.7 Å². The number of nitrogens with zero attached hydrogens (tertiary/aromatic N) is 6. The molecule has 0 aromatic carbocycles. The second-order valence-electron chi connectivity index (χ2n) is 3.43. The van der Waals surface area contributed by atoms with Crippen LogP contribution in [0, 0.1) is 0 Å². The average molecular weight is 250 g/mol. The van der Waals surface area contributed by atoms with Crippen molar-refractivity contribution in [2.24, 2.45) is 0 Å². The lowest BCUT2D eigenvalue weighted by Crippen LogP contribution is -2.13. The number of ether oxygens (including phenoxy) is 1. The summed E-state index contributed by atoms with van der Waals surface area (Å²) in [4.78, 5) is 16.0. The molecule has 9 nitrogen and oxygen atoms in total. The van der Waals surface area contributed by atoms with Crippen LogP contribution >= 0.6 is 0 Å². The quantitative estimate of drug-likeness (QED) is 0.658. The highest BCUT2D eigenvalue weighted by molar-refractivity contribution is 5.34. The Labute approximate surface area is 103 Å². The van der Waals surface area contributed by atoms with Crippen LogP contribution < -0.4 is 11.1 Å². The lowest BCUT2D eigenvalue weighted by atomic mass is 10.4. The smallest absolute Gasteiger partial charge is 0.258 e. The van der Waals surface area contributed by atoms with Crippen molar-refractivity contribution < 1.29 is 4.74 Å². The van der Waals surface area contributed by atoms with Gasteiger partial charge in [0.1, 0.15) is 12.7 Å². The van der Waals surface area contributed by atoms with E-state index in [1.807, 2.05) is 0 Å². The van der Waals surface area contributed by atoms with Gasteiger partial charge in [0.25, 0.3) is 5.95 Å². The van der Waals surface area contributed by atoms with E-state index in [9.17, 15) is 0 Å². The molecule has 2 aromatic rings. The fourth-order valence-electron chi connectivity index (χ4n) is 1.29. The fourth-order valence-corrected chi connectivity index (χ4v) is 1.29. The van der Waals surface area contributed by atoms with Crippen molar-refractivity contribution in [3.05, 3.63) is 12.7 Å². The number of nitrogen functional groups attached to an aromatic ring is 1. The standard InChI is InChI=1S/C9H14N8O/c1-18-4-2-3-12-8-14-7(10)15-9(16-8)17-6-11-5-13-17/h5-6H,2-4H2,1H3,(H3,10,12,14,15,16). The predicted molar refractivity (Wildman–Crippen MR) is 64.1 cm³/mol. The largest absolute Gasteiger partial charge is 0.385 e. The Balaban J connectivity index is 2.07. The fraction of sp³-hybridized carbons (Fsp3) is 0.444. The molecule has 0 aliphatic heterocycles. The molecule has 0 spiro atoms. The molecule has 2 heterocycles. The molecule has 0 radical (unpaired) electrons. The summed E-state index contributed by atoms with van der Waals surface area (Å²) in [6.07, 6.45) is 3.73. The third kappa shape index (κ3) is 3.10. The van der Waals surface area contributed by atoms with Crippen LogP contribution in [-0.4, -0.2) is 50.0 Å². The first-order chi connectivity index (χ1) is 8.79. The first-order valence-electron chi connectivity index (χ1n) is 5.39. The molecule has 0 fully saturated rings. The Morgan fingerprint density at radius 3 is 3.00 bits per heavy atom. The zero-order valence-corrected chi connectivity index (χ0v) is 9.94. The van der Waals surface area contributed by atoms with Crippen LogP contribution in [0.25, 0.3) is 5.95 Å². The molecule has 9 heteroatoms. The molecule has 2 rings (SSSR count). The Bertz CT molecular complexity index is 485. The maximum absolute atomic E-state index is 5.61. The van der Waals surface area contributed by atoms with Gasteiger partial charge in [0.05, 0.1) is 0 Å². The van der Waals surface area contributed by atoms with Gasteiger partial charge in [-0.25, -0.2) is 4.98 Å². The highest BCUT2D eigenvalue weighted by Crippen LogP contribution is 2.05. The van der Waals surface area contributed by atoms with Gasteiger partial charge in [-0.2, -0.15) is 24.7 Å². The third-order valence-electron chi connectivity index (χ3n) is 2.07. The molecule has 0 unspecified atom stereocenters. The Hall–Kier alpha value is -2.29. The van der Waals surface area contributed by atoms with Gasteiger partial charge in [0.15, 0.2) is 0 Å². The maximum Gasteiger partial charge on any atom is 0.258 e. The van der Waals surface area contributed by atoms with E-state index in [1.54, 1.807) is 7.11 Å². The van der Waals surface area contributed by atoms with Crippen LogP contribution in [0.1, 0.15) is 6.42 Å². The molecule has 0 saturated heterocycles. The first kappa shape index (κ1) is 12.2. The number of rotatable bonds is 6. The number of nitrogens with one attached hydrogen (secondary N) is 1. The number of methoxy groups -OCH3 is 1. The van der Waals surface area contributed by atoms with E-state index in [2.05, 4.69) is 30.4 Å². The molecule has 0 amide bonds. The molecule has 96 valence electrons. The summed E-state index contributed by atoms with van der Waals surface area (Å²) < 4.78 is 6.36. The van der Waals surface area contributed by atoms with E-state index in [1.165, 1.54) is 17.3 Å². The van der Waals surface area contributed by atoms with Gasteiger partial charge in [-0.05, 0) is 6.42 Å². The van der Waals surface area contributed by atoms with E-state index in [0.29, 0.717) is 25.0 Å². The van der Waals surface area contributed by atoms with Crippen molar-refractivity contribution in [3.63, 3.8) is 0 Å². The van der Waals surface area contributed by atoms with Crippen LogP contribution in [0.4, 0.5) is 11.9 Å². The summed E-state index contributed by atoms with van der Waals surface area (Å²) in [5, 5.41) is 6.97. The highest BCUT2D eigenvalue weighted by atomic mass is 16.5. The summed E-state index contributed by atoms with van der Waals surface area (Å²) in [5.74, 6) is 0.864. The van der Waals surface area contributed by atoms with Crippen molar-refractivity contribution in [2.45, 2.75) is 6.42 Å². The van der Waals surface area contributed by atoms with Gasteiger partial charge in [-0.3, -0.25) is 0 Å². The molecule has 0 bridgehead atoms. The highest BCUT2D eigenvalue weighted by Gasteiger charge is 2.06. The van der Waals surface area contributed by atoms with Crippen molar-refractivity contribution in [3.8, 4) is 5.95 Å². The summed E-state index contributed by atoms with van der Waals surface area (Å²) in [6.45, 7) is 1.36. The van der Waals surface area contributed by atoms with Crippen LogP contribution in [0.5, 0.6) is 0 Å². The van der Waals surface area contributed by atoms with Crippen molar-refractivity contribution in [1.29, 1.82) is 0 Å². The van der Waals surface area contributed by atoms with Gasteiger partial charge in [-0.1, -0.05) is 0 Å². The van der Waals surface area contributed by atoms with E-state index >= 15 is 0 Å².